The van der Waals surface area contributed by atoms with Crippen LogP contribution in [0, 0.1) is 0 Å². The number of pyridine rings is 1. The van der Waals surface area contributed by atoms with Crippen molar-refractivity contribution in [1.82, 2.24) is 9.97 Å². The van der Waals surface area contributed by atoms with Crippen LogP contribution in [0.15, 0.2) is 28.5 Å². The first-order valence-corrected chi connectivity index (χ1v) is 5.00. The van der Waals surface area contributed by atoms with Crippen molar-refractivity contribution in [2.75, 3.05) is 12.4 Å². The Morgan fingerprint density at radius 3 is 3.07 bits per heavy atom. The Hall–Kier alpha value is -1.62. The lowest BCUT2D eigenvalue weighted by Gasteiger charge is -1.93. The average Bonchev–Trinajstić information content (AvgIpc) is 2.67. The predicted octanol–water partition coefficient (Wildman–Crippen LogP) is 1.54. The van der Waals surface area contributed by atoms with Gasteiger partial charge in [0, 0.05) is 18.6 Å². The number of thiazole rings is 1. The second-order valence-corrected chi connectivity index (χ2v) is 3.56. The maximum absolute atomic E-state index is 11.4. The summed E-state index contributed by atoms with van der Waals surface area (Å²) in [7, 11) is 1.80. The van der Waals surface area contributed by atoms with Crippen LogP contribution in [-0.2, 0) is 0 Å². The van der Waals surface area contributed by atoms with Crippen molar-refractivity contribution in [3.05, 3.63) is 34.1 Å². The molecule has 0 aromatic carbocycles. The molecule has 14 heavy (non-hydrogen) atoms. The Morgan fingerprint density at radius 2 is 2.43 bits per heavy atom. The SMILES string of the molecule is CNc1nc(-c2ccc[nH]c2=O)cs1. The number of hydrogen-bond acceptors (Lipinski definition) is 4. The normalized spacial score (nSPS) is 10.1. The third-order valence-corrected chi connectivity index (χ3v) is 2.67. The van der Waals surface area contributed by atoms with Crippen LogP contribution in [-0.4, -0.2) is 17.0 Å². The third-order valence-electron chi connectivity index (χ3n) is 1.81. The van der Waals surface area contributed by atoms with Crippen molar-refractivity contribution in [2.24, 2.45) is 0 Å². The molecule has 2 heterocycles. The lowest BCUT2D eigenvalue weighted by Crippen LogP contribution is -2.06. The van der Waals surface area contributed by atoms with Gasteiger partial charge in [0.25, 0.3) is 5.56 Å². The zero-order valence-electron chi connectivity index (χ0n) is 7.57. The van der Waals surface area contributed by atoms with Gasteiger partial charge in [-0.05, 0) is 12.1 Å². The van der Waals surface area contributed by atoms with Gasteiger partial charge in [-0.2, -0.15) is 0 Å². The number of aromatic amines is 1. The Labute approximate surface area is 84.6 Å². The van der Waals surface area contributed by atoms with Gasteiger partial charge in [0.2, 0.25) is 0 Å². The molecule has 0 bridgehead atoms. The molecule has 0 spiro atoms. The summed E-state index contributed by atoms with van der Waals surface area (Å²) in [4.78, 5) is 18.3. The molecule has 0 aliphatic carbocycles. The first kappa shape index (κ1) is 8.96. The zero-order valence-corrected chi connectivity index (χ0v) is 8.39. The number of nitrogens with zero attached hydrogens (tertiary/aromatic N) is 1. The Balaban J connectivity index is 2.50. The Kier molecular flexibility index (Phi) is 2.32. The van der Waals surface area contributed by atoms with Crippen LogP contribution >= 0.6 is 11.3 Å². The topological polar surface area (TPSA) is 57.8 Å². The van der Waals surface area contributed by atoms with E-state index < -0.39 is 0 Å². The molecule has 2 aromatic heterocycles. The molecule has 0 aliphatic heterocycles. The summed E-state index contributed by atoms with van der Waals surface area (Å²) in [5.74, 6) is 0. The molecule has 0 aliphatic rings. The summed E-state index contributed by atoms with van der Waals surface area (Å²) in [5, 5.41) is 5.60. The molecule has 0 saturated carbocycles. The second kappa shape index (κ2) is 3.63. The van der Waals surface area contributed by atoms with E-state index in [1.54, 1.807) is 25.4 Å². The lowest BCUT2D eigenvalue weighted by molar-refractivity contribution is 1.23. The van der Waals surface area contributed by atoms with E-state index in [4.69, 9.17) is 0 Å². The van der Waals surface area contributed by atoms with Gasteiger partial charge in [0.1, 0.15) is 0 Å². The van der Waals surface area contributed by atoms with Crippen LogP contribution in [0.5, 0.6) is 0 Å². The molecule has 0 radical (unpaired) electrons. The molecule has 0 unspecified atom stereocenters. The number of aromatic nitrogens is 2. The number of nitrogens with one attached hydrogen (secondary N) is 2. The van der Waals surface area contributed by atoms with E-state index in [2.05, 4.69) is 15.3 Å². The van der Waals surface area contributed by atoms with Gasteiger partial charge < -0.3 is 10.3 Å². The summed E-state index contributed by atoms with van der Waals surface area (Å²) >= 11 is 1.48. The number of H-pyrrole nitrogens is 1. The van der Waals surface area contributed by atoms with Crippen LogP contribution < -0.4 is 10.9 Å². The quantitative estimate of drug-likeness (QED) is 0.785. The third kappa shape index (κ3) is 1.54. The standard InChI is InChI=1S/C9H9N3OS/c1-10-9-12-7(5-14-9)6-3-2-4-11-8(6)13/h2-5H,1H3,(H,10,12)(H,11,13). The maximum atomic E-state index is 11.4. The summed E-state index contributed by atoms with van der Waals surface area (Å²) in [6.45, 7) is 0. The first-order valence-electron chi connectivity index (χ1n) is 4.12. The van der Waals surface area contributed by atoms with Crippen LogP contribution in [0.25, 0.3) is 11.3 Å². The van der Waals surface area contributed by atoms with Crippen molar-refractivity contribution in [2.45, 2.75) is 0 Å². The molecule has 4 nitrogen and oxygen atoms in total. The van der Waals surface area contributed by atoms with Gasteiger partial charge in [-0.3, -0.25) is 4.79 Å². The fraction of sp³-hybridized carbons (Fsp3) is 0.111. The molecule has 5 heteroatoms. The maximum Gasteiger partial charge on any atom is 0.257 e. The number of hydrogen-bond donors (Lipinski definition) is 2. The Bertz CT molecular complexity index is 489. The van der Waals surface area contributed by atoms with E-state index in [-0.39, 0.29) is 5.56 Å². The predicted molar refractivity (Wildman–Crippen MR) is 57.7 cm³/mol. The van der Waals surface area contributed by atoms with E-state index in [1.807, 2.05) is 5.38 Å². The van der Waals surface area contributed by atoms with Crippen molar-refractivity contribution in [3.8, 4) is 11.3 Å². The average molecular weight is 207 g/mol. The zero-order chi connectivity index (χ0) is 9.97. The minimum atomic E-state index is -0.111. The summed E-state index contributed by atoms with van der Waals surface area (Å²) < 4.78 is 0. The van der Waals surface area contributed by atoms with Crippen molar-refractivity contribution >= 4 is 16.5 Å². The number of anilines is 1. The minimum absolute atomic E-state index is 0.111. The minimum Gasteiger partial charge on any atom is -0.365 e. The highest BCUT2D eigenvalue weighted by molar-refractivity contribution is 7.14. The highest BCUT2D eigenvalue weighted by atomic mass is 32.1. The molecule has 2 aromatic rings. The highest BCUT2D eigenvalue weighted by Crippen LogP contribution is 2.21. The number of rotatable bonds is 2. The van der Waals surface area contributed by atoms with Crippen molar-refractivity contribution < 1.29 is 0 Å². The van der Waals surface area contributed by atoms with Gasteiger partial charge in [0.05, 0.1) is 11.3 Å². The highest BCUT2D eigenvalue weighted by Gasteiger charge is 2.05. The fourth-order valence-electron chi connectivity index (χ4n) is 1.14. The lowest BCUT2D eigenvalue weighted by atomic mass is 10.2. The molecule has 0 amide bonds. The van der Waals surface area contributed by atoms with E-state index in [9.17, 15) is 4.79 Å². The molecule has 72 valence electrons. The van der Waals surface area contributed by atoms with Gasteiger partial charge in [-0.15, -0.1) is 11.3 Å². The molecule has 0 fully saturated rings. The van der Waals surface area contributed by atoms with Crippen LogP contribution in [0.4, 0.5) is 5.13 Å². The van der Waals surface area contributed by atoms with Gasteiger partial charge in [0.15, 0.2) is 5.13 Å². The van der Waals surface area contributed by atoms with E-state index in [0.717, 1.165) is 5.13 Å². The molecule has 2 N–H and O–H groups in total. The smallest absolute Gasteiger partial charge is 0.257 e. The van der Waals surface area contributed by atoms with Gasteiger partial charge in [-0.25, -0.2) is 4.98 Å². The second-order valence-electron chi connectivity index (χ2n) is 2.70. The van der Waals surface area contributed by atoms with Gasteiger partial charge >= 0.3 is 0 Å². The molecule has 0 atom stereocenters. The molecule has 2 rings (SSSR count). The summed E-state index contributed by atoms with van der Waals surface area (Å²) in [6, 6.07) is 3.54. The van der Waals surface area contributed by atoms with Crippen LogP contribution in [0.2, 0.25) is 0 Å². The van der Waals surface area contributed by atoms with Crippen LogP contribution in [0.1, 0.15) is 0 Å². The van der Waals surface area contributed by atoms with Gasteiger partial charge in [-0.1, -0.05) is 0 Å². The Morgan fingerprint density at radius 1 is 1.57 bits per heavy atom. The van der Waals surface area contributed by atoms with E-state index >= 15 is 0 Å². The molecular formula is C9H9N3OS. The van der Waals surface area contributed by atoms with Crippen molar-refractivity contribution in [1.29, 1.82) is 0 Å². The summed E-state index contributed by atoms with van der Waals surface area (Å²) in [5.41, 5.74) is 1.20. The monoisotopic (exact) mass is 207 g/mol. The van der Waals surface area contributed by atoms with Crippen molar-refractivity contribution in [3.63, 3.8) is 0 Å². The molecule has 0 saturated heterocycles. The van der Waals surface area contributed by atoms with E-state index in [0.29, 0.717) is 11.3 Å². The summed E-state index contributed by atoms with van der Waals surface area (Å²) in [6.07, 6.45) is 1.61. The van der Waals surface area contributed by atoms with Crippen LogP contribution in [0.3, 0.4) is 0 Å². The largest absolute Gasteiger partial charge is 0.365 e. The fourth-order valence-corrected chi connectivity index (χ4v) is 1.81. The first-order chi connectivity index (χ1) is 6.81. The van der Waals surface area contributed by atoms with E-state index in [1.165, 1.54) is 11.3 Å². The molecular weight excluding hydrogens is 198 g/mol.